The minimum Gasteiger partial charge on any atom is -0.339 e. The van der Waals surface area contributed by atoms with E-state index in [0.717, 1.165) is 31.5 Å². The Kier molecular flexibility index (Phi) is 4.54. The summed E-state index contributed by atoms with van der Waals surface area (Å²) >= 11 is 0. The molecule has 4 nitrogen and oxygen atoms in total. The summed E-state index contributed by atoms with van der Waals surface area (Å²) in [5.41, 5.74) is 3.79. The molecule has 3 atom stereocenters. The number of aryl methyl sites for hydroxylation is 2. The monoisotopic (exact) mass is 353 g/mol. The highest BCUT2D eigenvalue weighted by atomic mass is 16.2. The zero-order valence-corrected chi connectivity index (χ0v) is 16.5. The zero-order chi connectivity index (χ0) is 18.4. The molecule has 2 aromatic rings. The lowest BCUT2D eigenvalue weighted by Gasteiger charge is -2.43. The van der Waals surface area contributed by atoms with Gasteiger partial charge in [0.2, 0.25) is 5.91 Å². The Morgan fingerprint density at radius 3 is 2.69 bits per heavy atom. The molecule has 1 saturated heterocycles. The van der Waals surface area contributed by atoms with E-state index in [4.69, 9.17) is 0 Å². The zero-order valence-electron chi connectivity index (χ0n) is 16.5. The number of hydrogen-bond donors (Lipinski definition) is 0. The number of piperidine rings is 1. The highest BCUT2D eigenvalue weighted by molar-refractivity contribution is 5.84. The molecule has 1 aliphatic carbocycles. The summed E-state index contributed by atoms with van der Waals surface area (Å²) in [6.45, 7) is 7.62. The van der Waals surface area contributed by atoms with E-state index in [-0.39, 0.29) is 5.92 Å². The predicted molar refractivity (Wildman–Crippen MR) is 105 cm³/mol. The van der Waals surface area contributed by atoms with Crippen molar-refractivity contribution in [2.45, 2.75) is 64.8 Å². The van der Waals surface area contributed by atoms with Crippen molar-refractivity contribution >= 4 is 16.9 Å². The predicted octanol–water partition coefficient (Wildman–Crippen LogP) is 4.41. The third kappa shape index (κ3) is 2.83. The second kappa shape index (κ2) is 6.71. The largest absolute Gasteiger partial charge is 0.339 e. The summed E-state index contributed by atoms with van der Waals surface area (Å²) < 4.78 is 2.16. The molecular formula is C22H31N3O. The fraction of sp³-hybridized carbons (Fsp3) is 0.636. The lowest BCUT2D eigenvalue weighted by atomic mass is 9.78. The van der Waals surface area contributed by atoms with Crippen molar-refractivity contribution in [3.05, 3.63) is 29.6 Å². The average molecular weight is 354 g/mol. The maximum absolute atomic E-state index is 13.0. The van der Waals surface area contributed by atoms with Gasteiger partial charge in [0, 0.05) is 43.3 Å². The van der Waals surface area contributed by atoms with Gasteiger partial charge in [0.05, 0.1) is 0 Å². The fourth-order valence-corrected chi connectivity index (χ4v) is 5.28. The molecule has 1 aliphatic heterocycles. The second-order valence-electron chi connectivity index (χ2n) is 8.66. The van der Waals surface area contributed by atoms with E-state index in [9.17, 15) is 4.79 Å². The number of hydrogen-bond acceptors (Lipinski definition) is 2. The molecule has 1 amide bonds. The van der Waals surface area contributed by atoms with Crippen molar-refractivity contribution in [2.24, 2.45) is 18.9 Å². The van der Waals surface area contributed by atoms with Crippen LogP contribution in [0.25, 0.3) is 11.0 Å². The van der Waals surface area contributed by atoms with E-state index in [1.165, 1.54) is 29.4 Å². The molecule has 0 radical (unpaired) electrons. The van der Waals surface area contributed by atoms with Crippen LogP contribution < -0.4 is 0 Å². The lowest BCUT2D eigenvalue weighted by Crippen LogP contribution is -2.49. The van der Waals surface area contributed by atoms with Gasteiger partial charge in [0.15, 0.2) is 0 Å². The molecular weight excluding hydrogens is 322 g/mol. The number of carbonyl (C=O) groups excluding carboxylic acids is 1. The SMILES string of the molecule is Cc1ccnc2c1c([C@H]1C[C@H](C)N(C(=O)C3CCCC3)C[C@H]1C)cn2C. The van der Waals surface area contributed by atoms with Crippen LogP contribution in [-0.4, -0.2) is 32.9 Å². The van der Waals surface area contributed by atoms with Crippen LogP contribution in [-0.2, 0) is 11.8 Å². The molecule has 2 fully saturated rings. The first-order valence-electron chi connectivity index (χ1n) is 10.2. The smallest absolute Gasteiger partial charge is 0.225 e. The number of fused-ring (bicyclic) bond motifs is 1. The first-order valence-corrected chi connectivity index (χ1v) is 10.2. The Bertz CT molecular complexity index is 818. The van der Waals surface area contributed by atoms with Gasteiger partial charge in [-0.1, -0.05) is 19.8 Å². The number of rotatable bonds is 2. The summed E-state index contributed by atoms with van der Waals surface area (Å²) in [4.78, 5) is 19.8. The summed E-state index contributed by atoms with van der Waals surface area (Å²) in [5, 5.41) is 1.31. The Labute approximate surface area is 156 Å². The van der Waals surface area contributed by atoms with Crippen molar-refractivity contribution in [2.75, 3.05) is 6.54 Å². The topological polar surface area (TPSA) is 38.1 Å². The fourth-order valence-electron chi connectivity index (χ4n) is 5.28. The van der Waals surface area contributed by atoms with E-state index in [1.807, 2.05) is 6.20 Å². The van der Waals surface area contributed by atoms with Gasteiger partial charge >= 0.3 is 0 Å². The number of nitrogens with zero attached hydrogens (tertiary/aromatic N) is 3. The average Bonchev–Trinajstić information content (AvgIpc) is 3.25. The summed E-state index contributed by atoms with van der Waals surface area (Å²) in [6, 6.07) is 2.43. The van der Waals surface area contributed by atoms with E-state index in [1.54, 1.807) is 0 Å². The van der Waals surface area contributed by atoms with Gasteiger partial charge in [-0.3, -0.25) is 4.79 Å². The molecule has 26 heavy (non-hydrogen) atoms. The minimum atomic E-state index is 0.283. The number of pyridine rings is 1. The van der Waals surface area contributed by atoms with Crippen LogP contribution in [0.2, 0.25) is 0 Å². The second-order valence-corrected chi connectivity index (χ2v) is 8.66. The van der Waals surface area contributed by atoms with Crippen molar-refractivity contribution in [1.29, 1.82) is 0 Å². The van der Waals surface area contributed by atoms with Crippen molar-refractivity contribution in [3.63, 3.8) is 0 Å². The molecule has 4 rings (SSSR count). The van der Waals surface area contributed by atoms with Gasteiger partial charge in [0.25, 0.3) is 0 Å². The Hall–Kier alpha value is -1.84. The van der Waals surface area contributed by atoms with E-state index in [0.29, 0.717) is 23.8 Å². The van der Waals surface area contributed by atoms with Crippen molar-refractivity contribution in [3.8, 4) is 0 Å². The van der Waals surface area contributed by atoms with Gasteiger partial charge < -0.3 is 9.47 Å². The Morgan fingerprint density at radius 1 is 1.23 bits per heavy atom. The third-order valence-electron chi connectivity index (χ3n) is 6.78. The Balaban J connectivity index is 1.61. The summed E-state index contributed by atoms with van der Waals surface area (Å²) in [7, 11) is 2.09. The minimum absolute atomic E-state index is 0.283. The molecule has 4 heteroatoms. The maximum Gasteiger partial charge on any atom is 0.225 e. The quantitative estimate of drug-likeness (QED) is 0.802. The molecule has 0 unspecified atom stereocenters. The number of aromatic nitrogens is 2. The van der Waals surface area contributed by atoms with Crippen LogP contribution >= 0.6 is 0 Å². The van der Waals surface area contributed by atoms with Crippen LogP contribution in [0.3, 0.4) is 0 Å². The lowest BCUT2D eigenvalue weighted by molar-refractivity contribution is -0.140. The van der Waals surface area contributed by atoms with Crippen molar-refractivity contribution in [1.82, 2.24) is 14.5 Å². The van der Waals surface area contributed by atoms with E-state index < -0.39 is 0 Å². The van der Waals surface area contributed by atoms with Crippen LogP contribution in [0.5, 0.6) is 0 Å². The highest BCUT2D eigenvalue weighted by Crippen LogP contribution is 2.41. The molecule has 0 N–H and O–H groups in total. The molecule has 2 aromatic heterocycles. The van der Waals surface area contributed by atoms with Crippen LogP contribution in [0.15, 0.2) is 18.5 Å². The standard InChI is InChI=1S/C22H31N3O/c1-14-9-10-23-21-20(14)19(13-24(21)4)18-11-16(3)25(12-15(18)2)22(26)17-7-5-6-8-17/h9-10,13,15-18H,5-8,11-12H2,1-4H3/t15-,16+,18+/m1/s1. The van der Waals surface area contributed by atoms with Crippen LogP contribution in [0.1, 0.15) is 63.0 Å². The van der Waals surface area contributed by atoms with Crippen LogP contribution in [0, 0.1) is 18.8 Å². The molecule has 1 saturated carbocycles. The molecule has 3 heterocycles. The molecule has 0 bridgehead atoms. The maximum atomic E-state index is 13.0. The van der Waals surface area contributed by atoms with E-state index in [2.05, 4.69) is 54.5 Å². The molecule has 0 spiro atoms. The van der Waals surface area contributed by atoms with Gasteiger partial charge in [0.1, 0.15) is 5.65 Å². The Morgan fingerprint density at radius 2 is 1.96 bits per heavy atom. The van der Waals surface area contributed by atoms with Gasteiger partial charge in [-0.05, 0) is 62.1 Å². The van der Waals surface area contributed by atoms with Crippen LogP contribution in [0.4, 0.5) is 0 Å². The van der Waals surface area contributed by atoms with Gasteiger partial charge in [-0.25, -0.2) is 4.98 Å². The summed E-state index contributed by atoms with van der Waals surface area (Å²) in [6.07, 6.45) is 9.84. The third-order valence-corrected chi connectivity index (χ3v) is 6.78. The van der Waals surface area contributed by atoms with Gasteiger partial charge in [-0.15, -0.1) is 0 Å². The molecule has 140 valence electrons. The van der Waals surface area contributed by atoms with Gasteiger partial charge in [-0.2, -0.15) is 0 Å². The normalized spacial score (nSPS) is 27.4. The van der Waals surface area contributed by atoms with E-state index >= 15 is 0 Å². The number of likely N-dealkylation sites (tertiary alicyclic amines) is 1. The molecule has 0 aromatic carbocycles. The number of carbonyl (C=O) groups is 1. The number of amides is 1. The van der Waals surface area contributed by atoms with Crippen molar-refractivity contribution < 1.29 is 4.79 Å². The summed E-state index contributed by atoms with van der Waals surface area (Å²) in [5.74, 6) is 1.66. The highest BCUT2D eigenvalue weighted by Gasteiger charge is 2.38. The first kappa shape index (κ1) is 17.6. The molecule has 2 aliphatic rings. The first-order chi connectivity index (χ1) is 12.5.